The molecule has 0 saturated heterocycles. The second-order valence-corrected chi connectivity index (χ2v) is 4.79. The van der Waals surface area contributed by atoms with Crippen LogP contribution in [0.15, 0.2) is 25.0 Å². The van der Waals surface area contributed by atoms with E-state index in [9.17, 15) is 9.59 Å². The number of carboxylic acid groups (broad SMARTS) is 2. The van der Waals surface area contributed by atoms with E-state index in [0.29, 0.717) is 11.4 Å². The van der Waals surface area contributed by atoms with Gasteiger partial charge in [-0.05, 0) is 0 Å². The average Bonchev–Trinajstić information content (AvgIpc) is 3.07. The molecule has 10 heteroatoms. The summed E-state index contributed by atoms with van der Waals surface area (Å²) in [6.07, 6.45) is 6.40. The van der Waals surface area contributed by atoms with Gasteiger partial charge in [-0.25, -0.2) is 19.3 Å². The molecule has 2 heterocycles. The van der Waals surface area contributed by atoms with Gasteiger partial charge >= 0.3 is 11.9 Å². The number of carboxylic acids is 2. The van der Waals surface area contributed by atoms with Crippen molar-refractivity contribution in [3.8, 4) is 0 Å². The van der Waals surface area contributed by atoms with Gasteiger partial charge in [0, 0.05) is 12.8 Å². The summed E-state index contributed by atoms with van der Waals surface area (Å²) in [6.45, 7) is 0. The van der Waals surface area contributed by atoms with Gasteiger partial charge in [-0.15, -0.1) is 0 Å². The van der Waals surface area contributed by atoms with Crippen molar-refractivity contribution in [2.75, 3.05) is 0 Å². The Labute approximate surface area is 125 Å². The largest absolute Gasteiger partial charge is 0.480 e. The highest BCUT2D eigenvalue weighted by atomic mass is 16.4. The van der Waals surface area contributed by atoms with E-state index in [1.165, 1.54) is 12.7 Å². The zero-order valence-electron chi connectivity index (χ0n) is 11.5. The van der Waals surface area contributed by atoms with Crippen molar-refractivity contribution < 1.29 is 19.8 Å². The van der Waals surface area contributed by atoms with Gasteiger partial charge in [0.1, 0.15) is 24.7 Å². The van der Waals surface area contributed by atoms with E-state index in [-0.39, 0.29) is 12.8 Å². The highest BCUT2D eigenvalue weighted by molar-refractivity contribution is 5.73. The summed E-state index contributed by atoms with van der Waals surface area (Å²) in [7, 11) is 0. The van der Waals surface area contributed by atoms with Crippen molar-refractivity contribution in [2.24, 2.45) is 11.5 Å². The Morgan fingerprint density at radius 3 is 1.64 bits per heavy atom. The summed E-state index contributed by atoms with van der Waals surface area (Å²) >= 11 is 0. The van der Waals surface area contributed by atoms with E-state index in [2.05, 4.69) is 9.97 Å². The topological polar surface area (TPSA) is 162 Å². The second-order valence-electron chi connectivity index (χ2n) is 4.79. The first-order valence-electron chi connectivity index (χ1n) is 6.40. The molecular weight excluding hydrogens is 292 g/mol. The number of carbonyl (C=O) groups is 2. The van der Waals surface area contributed by atoms with Crippen LogP contribution in [0.5, 0.6) is 0 Å². The van der Waals surface area contributed by atoms with E-state index in [0.717, 1.165) is 0 Å². The van der Waals surface area contributed by atoms with Crippen LogP contribution in [0.4, 0.5) is 0 Å². The molecule has 0 saturated carbocycles. The van der Waals surface area contributed by atoms with Gasteiger partial charge in [-0.1, -0.05) is 0 Å². The molecule has 0 spiro atoms. The SMILES string of the molecule is N[C@@H](Cc1cn(-n2cnc(C[C@H](N)C(=O)O)c2)cn1)C(=O)O. The molecular formula is C12H16N6O4. The van der Waals surface area contributed by atoms with Gasteiger partial charge in [-0.2, -0.15) is 0 Å². The van der Waals surface area contributed by atoms with Crippen molar-refractivity contribution in [1.82, 2.24) is 19.3 Å². The molecule has 0 aliphatic rings. The Morgan fingerprint density at radius 2 is 1.32 bits per heavy atom. The Morgan fingerprint density at radius 1 is 0.955 bits per heavy atom. The van der Waals surface area contributed by atoms with E-state index < -0.39 is 24.0 Å². The maximum Gasteiger partial charge on any atom is 0.320 e. The third kappa shape index (κ3) is 3.68. The predicted octanol–water partition coefficient (Wildman–Crippen LogP) is -1.70. The molecule has 10 nitrogen and oxygen atoms in total. The standard InChI is InChI=1S/C12H16N6O4/c13-9(11(19)20)1-7-3-17(5-15-7)18-4-8(16-6-18)2-10(14)12(21)22/h3-6,9-10H,1-2,13-14H2,(H,19,20)(H,21,22)/t9-,10-/m0/s1. The molecule has 118 valence electrons. The van der Waals surface area contributed by atoms with Crippen LogP contribution in [-0.4, -0.2) is 53.6 Å². The fourth-order valence-corrected chi connectivity index (χ4v) is 1.79. The predicted molar refractivity (Wildman–Crippen MR) is 73.9 cm³/mol. The molecule has 0 aliphatic heterocycles. The molecule has 2 aromatic heterocycles. The van der Waals surface area contributed by atoms with Crippen molar-refractivity contribution in [3.05, 3.63) is 36.4 Å². The molecule has 6 N–H and O–H groups in total. The maximum absolute atomic E-state index is 10.7. The number of hydrogen-bond acceptors (Lipinski definition) is 6. The monoisotopic (exact) mass is 308 g/mol. The first kappa shape index (κ1) is 15.7. The number of aliphatic carboxylic acids is 2. The number of nitrogens with zero attached hydrogens (tertiary/aromatic N) is 4. The van der Waals surface area contributed by atoms with Gasteiger partial charge < -0.3 is 21.7 Å². The lowest BCUT2D eigenvalue weighted by molar-refractivity contribution is -0.139. The highest BCUT2D eigenvalue weighted by Gasteiger charge is 2.15. The minimum atomic E-state index is -1.10. The lowest BCUT2D eigenvalue weighted by atomic mass is 10.2. The van der Waals surface area contributed by atoms with E-state index in [4.69, 9.17) is 21.7 Å². The van der Waals surface area contributed by atoms with Gasteiger partial charge in [0.25, 0.3) is 0 Å². The van der Waals surface area contributed by atoms with Crippen LogP contribution in [-0.2, 0) is 22.4 Å². The van der Waals surface area contributed by atoms with E-state index >= 15 is 0 Å². The van der Waals surface area contributed by atoms with Gasteiger partial charge in [0.2, 0.25) is 0 Å². The fourth-order valence-electron chi connectivity index (χ4n) is 1.79. The number of imidazole rings is 2. The van der Waals surface area contributed by atoms with Crippen molar-refractivity contribution >= 4 is 11.9 Å². The average molecular weight is 308 g/mol. The third-order valence-electron chi connectivity index (χ3n) is 3.01. The van der Waals surface area contributed by atoms with Crippen molar-refractivity contribution in [1.29, 1.82) is 0 Å². The summed E-state index contributed by atoms with van der Waals surface area (Å²) in [5.41, 5.74) is 11.9. The van der Waals surface area contributed by atoms with Gasteiger partial charge in [-0.3, -0.25) is 9.59 Å². The Bertz CT molecular complexity index is 620. The molecule has 2 atom stereocenters. The molecule has 2 aromatic rings. The van der Waals surface area contributed by atoms with Crippen LogP contribution in [0, 0.1) is 0 Å². The molecule has 0 radical (unpaired) electrons. The summed E-state index contributed by atoms with van der Waals surface area (Å²) in [5, 5.41) is 17.5. The maximum atomic E-state index is 10.7. The van der Waals surface area contributed by atoms with E-state index in [1.807, 2.05) is 0 Å². The summed E-state index contributed by atoms with van der Waals surface area (Å²) in [6, 6.07) is -2.04. The zero-order chi connectivity index (χ0) is 16.3. The zero-order valence-corrected chi connectivity index (χ0v) is 11.5. The molecule has 2 rings (SSSR count). The minimum absolute atomic E-state index is 0.105. The second kappa shape index (κ2) is 6.37. The number of nitrogens with two attached hydrogens (primary N) is 2. The van der Waals surface area contributed by atoms with Crippen molar-refractivity contribution in [3.63, 3.8) is 0 Å². The highest BCUT2D eigenvalue weighted by Crippen LogP contribution is 2.04. The van der Waals surface area contributed by atoms with Crippen molar-refractivity contribution in [2.45, 2.75) is 24.9 Å². The van der Waals surface area contributed by atoms with Crippen LogP contribution in [0.1, 0.15) is 11.4 Å². The van der Waals surface area contributed by atoms with Crippen LogP contribution < -0.4 is 11.5 Å². The van der Waals surface area contributed by atoms with Crippen LogP contribution in [0.3, 0.4) is 0 Å². The molecule has 22 heavy (non-hydrogen) atoms. The van der Waals surface area contributed by atoms with Gasteiger partial charge in [0.15, 0.2) is 0 Å². The quantitative estimate of drug-likeness (QED) is 0.470. The Hall–Kier alpha value is -2.72. The van der Waals surface area contributed by atoms with Crippen LogP contribution in [0.25, 0.3) is 0 Å². The number of rotatable bonds is 7. The fraction of sp³-hybridized carbons (Fsp3) is 0.333. The van der Waals surface area contributed by atoms with E-state index in [1.54, 1.807) is 21.7 Å². The summed E-state index contributed by atoms with van der Waals surface area (Å²) in [4.78, 5) is 29.5. The minimum Gasteiger partial charge on any atom is -0.480 e. The first-order chi connectivity index (χ1) is 10.4. The normalized spacial score (nSPS) is 13.7. The first-order valence-corrected chi connectivity index (χ1v) is 6.40. The molecule has 0 aliphatic carbocycles. The number of aromatic nitrogens is 4. The smallest absolute Gasteiger partial charge is 0.320 e. The number of hydrogen-bond donors (Lipinski definition) is 4. The molecule has 0 unspecified atom stereocenters. The summed E-state index contributed by atoms with van der Waals surface area (Å²) < 4.78 is 3.15. The molecule has 0 amide bonds. The molecule has 0 aromatic carbocycles. The molecule has 0 bridgehead atoms. The third-order valence-corrected chi connectivity index (χ3v) is 3.01. The Balaban J connectivity index is 2.07. The molecule has 0 fully saturated rings. The van der Waals surface area contributed by atoms with Gasteiger partial charge in [0.05, 0.1) is 23.8 Å². The Kier molecular flexibility index (Phi) is 4.53. The lowest BCUT2D eigenvalue weighted by Gasteiger charge is -2.04. The summed E-state index contributed by atoms with van der Waals surface area (Å²) in [5.74, 6) is -2.19. The lowest BCUT2D eigenvalue weighted by Crippen LogP contribution is -2.32. The van der Waals surface area contributed by atoms with Crippen LogP contribution in [0.2, 0.25) is 0 Å². The van der Waals surface area contributed by atoms with Crippen LogP contribution >= 0.6 is 0 Å².